The number of aromatic nitrogens is 1. The molecule has 0 atom stereocenters. The van der Waals surface area contributed by atoms with E-state index in [0.717, 1.165) is 6.07 Å². The van der Waals surface area contributed by atoms with Gasteiger partial charge in [-0.3, -0.25) is 9.59 Å². The lowest BCUT2D eigenvalue weighted by atomic mass is 10.2. The van der Waals surface area contributed by atoms with Crippen molar-refractivity contribution in [1.29, 1.82) is 0 Å². The van der Waals surface area contributed by atoms with Gasteiger partial charge >= 0.3 is 6.61 Å². The molecule has 0 aliphatic rings. The van der Waals surface area contributed by atoms with Gasteiger partial charge in [-0.05, 0) is 29.8 Å². The van der Waals surface area contributed by atoms with E-state index >= 15 is 0 Å². The minimum Gasteiger partial charge on any atom is -0.493 e. The average Bonchev–Trinajstić information content (AvgIpc) is 2.52. The lowest BCUT2D eigenvalue weighted by molar-refractivity contribution is -0.0512. The zero-order chi connectivity index (χ0) is 16.8. The van der Waals surface area contributed by atoms with Crippen LogP contribution in [0.15, 0.2) is 41.3 Å². The molecule has 0 fully saturated rings. The standard InChI is InChI=1S/C15H14F2N2O4/c1-22-11-3-2-10(7-12(11)23-15(16)17)14(21)19-8-9-4-5-18-13(20)6-9/h2-7,15H,8H2,1H3,(H,18,20)(H,19,21). The van der Waals surface area contributed by atoms with Crippen molar-refractivity contribution >= 4 is 5.91 Å². The van der Waals surface area contributed by atoms with Crippen LogP contribution in [0, 0.1) is 0 Å². The van der Waals surface area contributed by atoms with Crippen molar-refractivity contribution in [2.24, 2.45) is 0 Å². The monoisotopic (exact) mass is 324 g/mol. The molecule has 0 aliphatic heterocycles. The third kappa shape index (κ3) is 4.53. The highest BCUT2D eigenvalue weighted by Gasteiger charge is 2.14. The van der Waals surface area contributed by atoms with E-state index in [9.17, 15) is 18.4 Å². The fourth-order valence-electron chi connectivity index (χ4n) is 1.89. The molecule has 0 aliphatic carbocycles. The number of methoxy groups -OCH3 is 1. The Morgan fingerprint density at radius 3 is 2.70 bits per heavy atom. The highest BCUT2D eigenvalue weighted by Crippen LogP contribution is 2.29. The molecule has 23 heavy (non-hydrogen) atoms. The van der Waals surface area contributed by atoms with Crippen LogP contribution in [0.5, 0.6) is 11.5 Å². The molecule has 1 aromatic carbocycles. The second kappa shape index (κ2) is 7.39. The van der Waals surface area contributed by atoms with Crippen LogP contribution in [-0.2, 0) is 6.54 Å². The SMILES string of the molecule is COc1ccc(C(=O)NCc2cc[nH]c(=O)c2)cc1OC(F)F. The summed E-state index contributed by atoms with van der Waals surface area (Å²) in [4.78, 5) is 25.7. The summed E-state index contributed by atoms with van der Waals surface area (Å²) in [5.74, 6) is -0.630. The first-order chi connectivity index (χ1) is 11.0. The molecule has 0 bridgehead atoms. The number of aromatic amines is 1. The van der Waals surface area contributed by atoms with Gasteiger partial charge in [-0.1, -0.05) is 0 Å². The minimum absolute atomic E-state index is 0.0939. The van der Waals surface area contributed by atoms with Gasteiger partial charge in [-0.15, -0.1) is 0 Å². The van der Waals surface area contributed by atoms with Gasteiger partial charge in [0.25, 0.3) is 5.91 Å². The molecule has 1 aromatic heterocycles. The molecule has 0 radical (unpaired) electrons. The second-order valence-electron chi connectivity index (χ2n) is 4.49. The highest BCUT2D eigenvalue weighted by atomic mass is 19.3. The smallest absolute Gasteiger partial charge is 0.387 e. The first-order valence-corrected chi connectivity index (χ1v) is 6.58. The van der Waals surface area contributed by atoms with Crippen LogP contribution >= 0.6 is 0 Å². The number of alkyl halides is 2. The second-order valence-corrected chi connectivity index (χ2v) is 4.49. The summed E-state index contributed by atoms with van der Waals surface area (Å²) in [5.41, 5.74) is 0.458. The third-order valence-corrected chi connectivity index (χ3v) is 2.93. The summed E-state index contributed by atoms with van der Waals surface area (Å²) >= 11 is 0. The molecule has 8 heteroatoms. The predicted molar refractivity (Wildman–Crippen MR) is 77.9 cm³/mol. The zero-order valence-corrected chi connectivity index (χ0v) is 12.1. The summed E-state index contributed by atoms with van der Waals surface area (Å²) in [6, 6.07) is 6.93. The maximum Gasteiger partial charge on any atom is 0.387 e. The number of hydrogen-bond donors (Lipinski definition) is 2. The topological polar surface area (TPSA) is 80.4 Å². The summed E-state index contributed by atoms with van der Waals surface area (Å²) < 4.78 is 33.9. The van der Waals surface area contributed by atoms with Gasteiger partial charge in [0.1, 0.15) is 0 Å². The molecule has 0 saturated carbocycles. The molecule has 2 aromatic rings. The maximum atomic E-state index is 12.4. The summed E-state index contributed by atoms with van der Waals surface area (Å²) in [5, 5.41) is 2.58. The van der Waals surface area contributed by atoms with Crippen LogP contribution in [0.1, 0.15) is 15.9 Å². The molecular weight excluding hydrogens is 310 g/mol. The number of amides is 1. The van der Waals surface area contributed by atoms with Crippen molar-refractivity contribution in [1.82, 2.24) is 10.3 Å². The summed E-state index contributed by atoms with van der Waals surface area (Å²) in [7, 11) is 1.31. The van der Waals surface area contributed by atoms with Crippen molar-refractivity contribution in [2.75, 3.05) is 7.11 Å². The number of nitrogens with one attached hydrogen (secondary N) is 2. The molecule has 0 saturated heterocycles. The Kier molecular flexibility index (Phi) is 5.29. The Labute approximate surface area is 130 Å². The van der Waals surface area contributed by atoms with Gasteiger partial charge in [-0.2, -0.15) is 8.78 Å². The zero-order valence-electron chi connectivity index (χ0n) is 12.1. The molecule has 1 heterocycles. The number of benzene rings is 1. The highest BCUT2D eigenvalue weighted by molar-refractivity contribution is 5.94. The Balaban J connectivity index is 2.11. The van der Waals surface area contributed by atoms with E-state index < -0.39 is 12.5 Å². The van der Waals surface area contributed by atoms with Crippen LogP contribution < -0.4 is 20.3 Å². The van der Waals surface area contributed by atoms with Crippen LogP contribution in [0.3, 0.4) is 0 Å². The molecule has 0 unspecified atom stereocenters. The van der Waals surface area contributed by atoms with Gasteiger partial charge in [0.05, 0.1) is 7.11 Å². The maximum absolute atomic E-state index is 12.4. The van der Waals surface area contributed by atoms with Gasteiger partial charge in [0, 0.05) is 24.4 Å². The number of carbonyl (C=O) groups excluding carboxylic acids is 1. The summed E-state index contributed by atoms with van der Waals surface area (Å²) in [6.07, 6.45) is 1.46. The number of pyridine rings is 1. The Morgan fingerprint density at radius 1 is 1.26 bits per heavy atom. The molecular formula is C15H14F2N2O4. The normalized spacial score (nSPS) is 10.4. The Hall–Kier alpha value is -2.90. The van der Waals surface area contributed by atoms with Gasteiger partial charge in [-0.25, -0.2) is 0 Å². The molecule has 2 rings (SSSR count). The fourth-order valence-corrected chi connectivity index (χ4v) is 1.89. The van der Waals surface area contributed by atoms with Crippen molar-refractivity contribution in [3.63, 3.8) is 0 Å². The minimum atomic E-state index is -3.03. The van der Waals surface area contributed by atoms with Crippen LogP contribution in [0.2, 0.25) is 0 Å². The van der Waals surface area contributed by atoms with Crippen LogP contribution in [-0.4, -0.2) is 24.6 Å². The first kappa shape index (κ1) is 16.5. The Bertz CT molecular complexity index is 746. The van der Waals surface area contributed by atoms with Crippen molar-refractivity contribution < 1.29 is 23.0 Å². The van der Waals surface area contributed by atoms with Crippen molar-refractivity contribution in [2.45, 2.75) is 13.2 Å². The Morgan fingerprint density at radius 2 is 2.04 bits per heavy atom. The predicted octanol–water partition coefficient (Wildman–Crippen LogP) is 1.91. The van der Waals surface area contributed by atoms with Crippen molar-refractivity contribution in [3.05, 3.63) is 58.0 Å². The van der Waals surface area contributed by atoms with Crippen molar-refractivity contribution in [3.8, 4) is 11.5 Å². The van der Waals surface area contributed by atoms with E-state index in [-0.39, 0.29) is 29.2 Å². The average molecular weight is 324 g/mol. The number of halogens is 2. The number of rotatable bonds is 6. The first-order valence-electron chi connectivity index (χ1n) is 6.58. The van der Waals surface area contributed by atoms with E-state index in [0.29, 0.717) is 5.56 Å². The number of hydrogen-bond acceptors (Lipinski definition) is 4. The van der Waals surface area contributed by atoms with Crippen LogP contribution in [0.25, 0.3) is 0 Å². The summed E-state index contributed by atoms with van der Waals surface area (Å²) in [6.45, 7) is -2.90. The van der Waals surface area contributed by atoms with Gasteiger partial charge < -0.3 is 19.8 Å². The molecule has 0 spiro atoms. The lowest BCUT2D eigenvalue weighted by Crippen LogP contribution is -2.23. The molecule has 1 amide bonds. The number of H-pyrrole nitrogens is 1. The molecule has 122 valence electrons. The van der Waals surface area contributed by atoms with E-state index in [1.807, 2.05) is 0 Å². The van der Waals surface area contributed by atoms with Gasteiger partial charge in [0.2, 0.25) is 5.56 Å². The van der Waals surface area contributed by atoms with E-state index in [4.69, 9.17) is 4.74 Å². The van der Waals surface area contributed by atoms with Crippen LogP contribution in [0.4, 0.5) is 8.78 Å². The molecule has 2 N–H and O–H groups in total. The third-order valence-electron chi connectivity index (χ3n) is 2.93. The van der Waals surface area contributed by atoms with E-state index in [2.05, 4.69) is 15.0 Å². The quantitative estimate of drug-likeness (QED) is 0.851. The van der Waals surface area contributed by atoms with E-state index in [1.165, 1.54) is 31.5 Å². The largest absolute Gasteiger partial charge is 0.493 e. The van der Waals surface area contributed by atoms with Gasteiger partial charge in [0.15, 0.2) is 11.5 Å². The van der Waals surface area contributed by atoms with E-state index in [1.54, 1.807) is 6.07 Å². The molecule has 6 nitrogen and oxygen atoms in total. The fraction of sp³-hybridized carbons (Fsp3) is 0.200. The number of carbonyl (C=O) groups is 1. The number of ether oxygens (including phenoxy) is 2. The lowest BCUT2D eigenvalue weighted by Gasteiger charge is -2.11.